The van der Waals surface area contributed by atoms with Crippen LogP contribution in [0.1, 0.15) is 186 Å². The minimum Gasteiger partial charge on any atom is -0.461 e. The lowest BCUT2D eigenvalue weighted by atomic mass is 9.43. The Morgan fingerprint density at radius 3 is 2.01 bits per heavy atom. The molecule has 4 fully saturated rings. The van der Waals surface area contributed by atoms with E-state index in [2.05, 4.69) is 75.2 Å². The lowest BCUT2D eigenvalue weighted by molar-refractivity contribution is -0.196. The summed E-state index contributed by atoms with van der Waals surface area (Å²) in [5.41, 5.74) is 1.76. The number of fused-ring (bicyclic) bond motifs is 5. The van der Waals surface area contributed by atoms with Crippen molar-refractivity contribution in [2.45, 2.75) is 188 Å². The second kappa shape index (κ2) is 27.9. The van der Waals surface area contributed by atoms with Gasteiger partial charge in [-0.1, -0.05) is 165 Å². The van der Waals surface area contributed by atoms with E-state index in [1.54, 1.807) is 11.3 Å². The molecule has 2 aromatic heterocycles. The zero-order valence-electron chi connectivity index (χ0n) is 46.0. The number of thioether (sulfide) groups is 1. The van der Waals surface area contributed by atoms with Gasteiger partial charge in [-0.3, -0.25) is 14.5 Å². The number of hydrogen-bond donors (Lipinski definition) is 0. The molecule has 0 bridgehead atoms. The van der Waals surface area contributed by atoms with Gasteiger partial charge in [-0.15, -0.1) is 22.7 Å². The largest absolute Gasteiger partial charge is 0.461 e. The molecule has 7 nitrogen and oxygen atoms in total. The first-order chi connectivity index (χ1) is 36.4. The van der Waals surface area contributed by atoms with E-state index in [1.165, 1.54) is 92.2 Å². The van der Waals surface area contributed by atoms with Crippen LogP contribution in [-0.4, -0.2) is 58.1 Å². The van der Waals surface area contributed by atoms with Crippen LogP contribution in [0, 0.1) is 46.3 Å². The van der Waals surface area contributed by atoms with Gasteiger partial charge in [-0.2, -0.15) is 0 Å². The number of benzene rings is 2. The third-order valence-corrected chi connectivity index (χ3v) is 22.3. The monoisotopic (exact) mass is 1090 g/mol. The molecular weight excluding hydrogens is 1000 g/mol. The molecule has 4 aliphatic carbocycles. The molecule has 408 valence electrons. The van der Waals surface area contributed by atoms with Gasteiger partial charge in [0, 0.05) is 46.1 Å². The number of anilines is 2. The Morgan fingerprint density at radius 1 is 0.720 bits per heavy atom. The van der Waals surface area contributed by atoms with Gasteiger partial charge in [0.25, 0.3) is 0 Å². The Bertz CT molecular complexity index is 2350. The van der Waals surface area contributed by atoms with Crippen molar-refractivity contribution in [3.05, 3.63) is 95.2 Å². The summed E-state index contributed by atoms with van der Waals surface area (Å²) in [7, 11) is 0. The minimum atomic E-state index is -0.241. The molecule has 10 atom stereocenters. The average molecular weight is 1090 g/mol. The first-order valence-electron chi connectivity index (χ1n) is 29.3. The number of thiocarbonyl (C=S) groups is 1. The van der Waals surface area contributed by atoms with Gasteiger partial charge in [0.15, 0.2) is 0 Å². The molecule has 10 unspecified atom stereocenters. The van der Waals surface area contributed by atoms with E-state index in [1.807, 2.05) is 59.5 Å². The molecule has 75 heavy (non-hydrogen) atoms. The second-order valence-electron chi connectivity index (χ2n) is 23.4. The van der Waals surface area contributed by atoms with E-state index in [0.717, 1.165) is 100.0 Å². The smallest absolute Gasteiger partial charge is 0.348 e. The van der Waals surface area contributed by atoms with E-state index in [0.29, 0.717) is 57.0 Å². The zero-order valence-corrected chi connectivity index (χ0v) is 49.3. The molecule has 0 spiro atoms. The van der Waals surface area contributed by atoms with Gasteiger partial charge in [-0.25, -0.2) is 4.79 Å². The molecule has 11 heteroatoms. The Labute approximate surface area is 469 Å². The Hall–Kier alpha value is -3.51. The number of carbonyl (C=O) groups excluding carboxylic acids is 3. The fraction of sp³-hybridized carbons (Fsp3) is 0.625. The van der Waals surface area contributed by atoms with Crippen LogP contribution < -0.4 is 4.90 Å². The number of hydrogen-bond acceptors (Lipinski definition) is 9. The van der Waals surface area contributed by atoms with Gasteiger partial charge in [0.1, 0.15) is 21.4 Å². The van der Waals surface area contributed by atoms with Crippen LogP contribution in [-0.2, 0) is 19.1 Å². The number of amides is 1. The number of nitrogens with zero attached hydrogens (tertiary/aromatic N) is 2. The highest BCUT2D eigenvalue weighted by Crippen LogP contribution is 2.69. The Balaban J connectivity index is 0.969. The maximum Gasteiger partial charge on any atom is 0.348 e. The van der Waals surface area contributed by atoms with Crippen LogP contribution in [0.5, 0.6) is 0 Å². The molecule has 0 aliphatic heterocycles. The predicted octanol–water partition coefficient (Wildman–Crippen LogP) is 18.0. The highest BCUT2D eigenvalue weighted by atomic mass is 32.2. The Morgan fingerprint density at radius 2 is 1.37 bits per heavy atom. The van der Waals surface area contributed by atoms with E-state index in [-0.39, 0.29) is 40.7 Å². The van der Waals surface area contributed by atoms with Crippen LogP contribution in [0.3, 0.4) is 0 Å². The van der Waals surface area contributed by atoms with Crippen molar-refractivity contribution in [2.75, 3.05) is 23.7 Å². The molecule has 2 aromatic carbocycles. The summed E-state index contributed by atoms with van der Waals surface area (Å²) >= 11 is 10.7. The van der Waals surface area contributed by atoms with Gasteiger partial charge in [0.2, 0.25) is 5.91 Å². The van der Waals surface area contributed by atoms with E-state index in [4.69, 9.17) is 21.7 Å². The summed E-state index contributed by atoms with van der Waals surface area (Å²) in [6.07, 6.45) is 24.0. The fourth-order valence-electron chi connectivity index (χ4n) is 14.7. The quantitative estimate of drug-likeness (QED) is 0.0350. The molecule has 4 aromatic rings. The summed E-state index contributed by atoms with van der Waals surface area (Å²) < 4.78 is 14.0. The molecule has 4 aliphatic rings. The summed E-state index contributed by atoms with van der Waals surface area (Å²) in [6.45, 7) is 13.7. The molecular formula is C64H88N2O5S4. The summed E-state index contributed by atoms with van der Waals surface area (Å²) in [6, 6.07) is 28.4. The van der Waals surface area contributed by atoms with Crippen molar-refractivity contribution >= 4 is 80.2 Å². The van der Waals surface area contributed by atoms with Crippen LogP contribution in [0.2, 0.25) is 0 Å². The number of para-hydroxylation sites is 2. The third kappa shape index (κ3) is 14.2. The number of esters is 2. The predicted molar refractivity (Wildman–Crippen MR) is 319 cm³/mol. The zero-order chi connectivity index (χ0) is 52.8. The molecule has 0 saturated heterocycles. The number of unbranched alkanes of at least 4 members (excludes halogenated alkanes) is 10. The number of carbonyl (C=O) groups is 3. The standard InChI is InChI=1S/C64H88N2O5S4/c1-6-8-10-12-14-22-40-65(41-23-15-13-11-9-7-2)59(67)37-30-46(3)52-33-34-53-51-32-31-47-43-50(70-61(69)57-36-35-56(75-57)55-29-24-42-73-55)38-39-63(47,4)54(51)44-58(64(52,53)5)71-60(68)45-74-62(72)66(48-25-18-16-19-26-48)49-27-20-17-21-28-49/h16-21,24-29,35-36,42,46-47,50-54,58H,6-15,22-23,30-34,37-41,43-45H2,1-5H3. The molecule has 4 saturated carbocycles. The van der Waals surface area contributed by atoms with Crippen molar-refractivity contribution < 1.29 is 23.9 Å². The van der Waals surface area contributed by atoms with Crippen LogP contribution in [0.15, 0.2) is 90.3 Å². The SMILES string of the molecule is CCCCCCCCN(CCCCCCCC)C(=O)CCC(C)C1CCC2C3CCC4CC(OC(=O)c5ccc(-c6cccs6)s5)CCC4(C)C3CC(OC(=O)CSC(=S)N(c3ccccc3)c3ccccc3)C12C. The number of rotatable bonds is 26. The summed E-state index contributed by atoms with van der Waals surface area (Å²) in [4.78, 5) is 49.7. The molecule has 2 heterocycles. The van der Waals surface area contributed by atoms with Crippen molar-refractivity contribution in [1.82, 2.24) is 4.90 Å². The second-order valence-corrected chi connectivity index (χ2v) is 27.0. The lowest BCUT2D eigenvalue weighted by Gasteiger charge is -2.62. The maximum absolute atomic E-state index is 14.6. The number of thiophene rings is 2. The average Bonchev–Trinajstić information content (AvgIpc) is 4.24. The van der Waals surface area contributed by atoms with Crippen LogP contribution in [0.4, 0.5) is 11.4 Å². The van der Waals surface area contributed by atoms with Crippen LogP contribution >= 0.6 is 46.7 Å². The van der Waals surface area contributed by atoms with E-state index in [9.17, 15) is 14.4 Å². The highest BCUT2D eigenvalue weighted by molar-refractivity contribution is 8.23. The Kier molecular flexibility index (Phi) is 21.4. The lowest BCUT2D eigenvalue weighted by Crippen LogP contribution is -2.59. The molecule has 0 N–H and O–H groups in total. The van der Waals surface area contributed by atoms with Crippen molar-refractivity contribution in [1.29, 1.82) is 0 Å². The van der Waals surface area contributed by atoms with Gasteiger partial charge in [-0.05, 0) is 159 Å². The van der Waals surface area contributed by atoms with Crippen LogP contribution in [0.25, 0.3) is 9.75 Å². The van der Waals surface area contributed by atoms with Gasteiger partial charge >= 0.3 is 11.9 Å². The molecule has 0 radical (unpaired) electrons. The molecule has 8 rings (SSSR count). The van der Waals surface area contributed by atoms with E-state index >= 15 is 0 Å². The first kappa shape index (κ1) is 57.7. The van der Waals surface area contributed by atoms with Crippen molar-refractivity contribution in [3.63, 3.8) is 0 Å². The first-order valence-corrected chi connectivity index (χ1v) is 32.4. The summed E-state index contributed by atoms with van der Waals surface area (Å²) in [5.74, 6) is 2.54. The van der Waals surface area contributed by atoms with Gasteiger partial charge in [0.05, 0.1) is 5.75 Å². The molecule has 1 amide bonds. The van der Waals surface area contributed by atoms with Crippen molar-refractivity contribution in [3.8, 4) is 9.75 Å². The maximum atomic E-state index is 14.6. The highest BCUT2D eigenvalue weighted by Gasteiger charge is 2.65. The van der Waals surface area contributed by atoms with Gasteiger partial charge < -0.3 is 14.4 Å². The summed E-state index contributed by atoms with van der Waals surface area (Å²) in [5, 5.41) is 2.07. The third-order valence-electron chi connectivity index (χ3n) is 18.8. The normalized spacial score (nSPS) is 26.3. The van der Waals surface area contributed by atoms with Crippen molar-refractivity contribution in [2.24, 2.45) is 46.3 Å². The minimum absolute atomic E-state index is 0.0564. The van der Waals surface area contributed by atoms with E-state index < -0.39 is 0 Å². The fourth-order valence-corrected chi connectivity index (χ4v) is 17.5. The topological polar surface area (TPSA) is 76.1 Å². The number of ether oxygens (including phenoxy) is 2.